The Hall–Kier alpha value is 0.160. The van der Waals surface area contributed by atoms with E-state index in [1.54, 1.807) is 6.92 Å². The van der Waals surface area contributed by atoms with E-state index in [0.29, 0.717) is 13.2 Å². The zero-order valence-electron chi connectivity index (χ0n) is 10.4. The summed E-state index contributed by atoms with van der Waals surface area (Å²) in [5, 5.41) is 0. The second-order valence-electron chi connectivity index (χ2n) is 4.31. The van der Waals surface area contributed by atoms with Gasteiger partial charge in [0, 0.05) is 6.54 Å². The molecular formula is C12H24INO2. The smallest absolute Gasteiger partial charge is 0.323 e. The predicted octanol–water partition coefficient (Wildman–Crippen LogP) is 3.04. The highest BCUT2D eigenvalue weighted by Gasteiger charge is 2.29. The van der Waals surface area contributed by atoms with Crippen molar-refractivity contribution in [2.75, 3.05) is 13.2 Å². The minimum atomic E-state index is -0.569. The fraction of sp³-hybridized carbons (Fsp3) is 0.917. The number of alkyl halides is 1. The molecule has 1 unspecified atom stereocenters. The second-order valence-corrected chi connectivity index (χ2v) is 6.69. The molecule has 0 aliphatic rings. The lowest BCUT2D eigenvalue weighted by atomic mass is 10.1. The molecule has 0 bridgehead atoms. The minimum Gasteiger partial charge on any atom is -0.465 e. The Labute approximate surface area is 113 Å². The van der Waals surface area contributed by atoms with Crippen LogP contribution in [-0.2, 0) is 9.53 Å². The van der Waals surface area contributed by atoms with Crippen LogP contribution in [0, 0.1) is 0 Å². The van der Waals surface area contributed by atoms with Crippen molar-refractivity contribution in [1.82, 2.24) is 0 Å². The minimum absolute atomic E-state index is 0.191. The summed E-state index contributed by atoms with van der Waals surface area (Å²) in [5.74, 6) is -0.191. The lowest BCUT2D eigenvalue weighted by molar-refractivity contribution is -0.145. The highest BCUT2D eigenvalue weighted by Crippen LogP contribution is 2.18. The molecule has 0 radical (unpaired) electrons. The van der Waals surface area contributed by atoms with E-state index in [4.69, 9.17) is 10.5 Å². The third-order valence-corrected chi connectivity index (χ3v) is 3.42. The molecule has 16 heavy (non-hydrogen) atoms. The maximum Gasteiger partial charge on any atom is 0.323 e. The van der Waals surface area contributed by atoms with Crippen LogP contribution in [0.5, 0.6) is 0 Å². The van der Waals surface area contributed by atoms with E-state index in [9.17, 15) is 4.79 Å². The van der Waals surface area contributed by atoms with Gasteiger partial charge in [-0.25, -0.2) is 0 Å². The third-order valence-electron chi connectivity index (χ3n) is 2.54. The van der Waals surface area contributed by atoms with Crippen LogP contribution in [0.1, 0.15) is 52.4 Å². The molecule has 2 N–H and O–H groups in total. The highest BCUT2D eigenvalue weighted by molar-refractivity contribution is 14.1. The number of hydrogen-bond donors (Lipinski definition) is 1. The summed E-state index contributed by atoms with van der Waals surface area (Å²) in [6.07, 6.45) is 7.21. The van der Waals surface area contributed by atoms with Gasteiger partial charge in [-0.05, 0) is 13.3 Å². The fourth-order valence-electron chi connectivity index (χ4n) is 1.28. The first kappa shape index (κ1) is 16.2. The van der Waals surface area contributed by atoms with Crippen LogP contribution in [0.15, 0.2) is 0 Å². The number of halogens is 1. The number of hydrogen-bond acceptors (Lipinski definition) is 3. The van der Waals surface area contributed by atoms with Gasteiger partial charge in [-0.1, -0.05) is 61.6 Å². The lowest BCUT2D eigenvalue weighted by Crippen LogP contribution is -2.38. The van der Waals surface area contributed by atoms with Crippen molar-refractivity contribution in [2.24, 2.45) is 5.73 Å². The number of carbonyl (C=O) groups is 1. The molecular weight excluding hydrogens is 317 g/mol. The molecule has 0 rings (SSSR count). The third kappa shape index (κ3) is 7.44. The van der Waals surface area contributed by atoms with E-state index in [1.165, 1.54) is 25.7 Å². The molecule has 0 spiro atoms. The summed E-state index contributed by atoms with van der Waals surface area (Å²) in [4.78, 5) is 11.5. The molecule has 0 aromatic carbocycles. The second kappa shape index (κ2) is 9.22. The molecule has 0 aromatic heterocycles. The maximum absolute atomic E-state index is 11.5. The number of unbranched alkanes of at least 4 members (excludes halogenated alkanes) is 5. The molecule has 1 atom stereocenters. The average Bonchev–Trinajstić information content (AvgIpc) is 2.27. The summed E-state index contributed by atoms with van der Waals surface area (Å²) in [5.41, 5.74) is 5.48. The Kier molecular flexibility index (Phi) is 9.31. The van der Waals surface area contributed by atoms with Crippen LogP contribution in [0.25, 0.3) is 0 Å². The van der Waals surface area contributed by atoms with Gasteiger partial charge in [0.25, 0.3) is 0 Å². The van der Waals surface area contributed by atoms with Gasteiger partial charge in [0.2, 0.25) is 0 Å². The van der Waals surface area contributed by atoms with Crippen molar-refractivity contribution in [2.45, 2.75) is 55.8 Å². The van der Waals surface area contributed by atoms with Crippen LogP contribution < -0.4 is 5.73 Å². The first-order valence-electron chi connectivity index (χ1n) is 6.10. The first-order chi connectivity index (χ1) is 7.54. The van der Waals surface area contributed by atoms with Crippen molar-refractivity contribution in [3.63, 3.8) is 0 Å². The van der Waals surface area contributed by atoms with Gasteiger partial charge in [-0.2, -0.15) is 0 Å². The van der Waals surface area contributed by atoms with Gasteiger partial charge in [0.15, 0.2) is 0 Å². The standard InChI is InChI=1S/C12H24INO2/c1-3-4-5-6-7-8-9-16-11(15)12(2,13)10-14/h3-10,14H2,1-2H3. The molecule has 0 fully saturated rings. The van der Waals surface area contributed by atoms with Crippen LogP contribution in [-0.4, -0.2) is 22.5 Å². The summed E-state index contributed by atoms with van der Waals surface area (Å²) < 4.78 is 4.61. The van der Waals surface area contributed by atoms with Gasteiger partial charge in [-0.3, -0.25) is 4.79 Å². The first-order valence-corrected chi connectivity index (χ1v) is 7.18. The van der Waals surface area contributed by atoms with Crippen LogP contribution in [0.2, 0.25) is 0 Å². The average molecular weight is 341 g/mol. The summed E-state index contributed by atoms with van der Waals surface area (Å²) >= 11 is 2.05. The Morgan fingerprint density at radius 3 is 2.38 bits per heavy atom. The van der Waals surface area contributed by atoms with Crippen molar-refractivity contribution >= 4 is 28.6 Å². The van der Waals surface area contributed by atoms with Crippen LogP contribution >= 0.6 is 22.6 Å². The number of ether oxygens (including phenoxy) is 1. The highest BCUT2D eigenvalue weighted by atomic mass is 127. The Bertz CT molecular complexity index is 195. The van der Waals surface area contributed by atoms with Crippen molar-refractivity contribution < 1.29 is 9.53 Å². The SMILES string of the molecule is CCCCCCCCOC(=O)C(C)(I)CN. The van der Waals surface area contributed by atoms with E-state index in [0.717, 1.165) is 12.8 Å². The summed E-state index contributed by atoms with van der Waals surface area (Å²) in [6.45, 7) is 4.86. The monoisotopic (exact) mass is 341 g/mol. The van der Waals surface area contributed by atoms with E-state index in [1.807, 2.05) is 22.6 Å². The topological polar surface area (TPSA) is 52.3 Å². The van der Waals surface area contributed by atoms with Gasteiger partial charge < -0.3 is 10.5 Å². The normalized spacial score (nSPS) is 14.5. The van der Waals surface area contributed by atoms with Crippen molar-refractivity contribution in [3.05, 3.63) is 0 Å². The van der Waals surface area contributed by atoms with E-state index in [2.05, 4.69) is 6.92 Å². The van der Waals surface area contributed by atoms with Gasteiger partial charge in [0.05, 0.1) is 6.61 Å². The fourth-order valence-corrected chi connectivity index (χ4v) is 1.44. The van der Waals surface area contributed by atoms with Crippen LogP contribution in [0.4, 0.5) is 0 Å². The van der Waals surface area contributed by atoms with E-state index in [-0.39, 0.29) is 5.97 Å². The largest absolute Gasteiger partial charge is 0.465 e. The maximum atomic E-state index is 11.5. The molecule has 0 heterocycles. The molecule has 0 amide bonds. The molecule has 0 saturated heterocycles. The Morgan fingerprint density at radius 2 is 1.81 bits per heavy atom. The van der Waals surface area contributed by atoms with Gasteiger partial charge >= 0.3 is 5.97 Å². The Balaban J connectivity index is 3.42. The molecule has 96 valence electrons. The molecule has 0 aromatic rings. The van der Waals surface area contributed by atoms with E-state index < -0.39 is 3.42 Å². The lowest BCUT2D eigenvalue weighted by Gasteiger charge is -2.18. The molecule has 0 aliphatic heterocycles. The number of rotatable bonds is 9. The van der Waals surface area contributed by atoms with Gasteiger partial charge in [-0.15, -0.1) is 0 Å². The quantitative estimate of drug-likeness (QED) is 0.304. The summed E-state index contributed by atoms with van der Waals surface area (Å²) in [6, 6.07) is 0. The van der Waals surface area contributed by atoms with Crippen molar-refractivity contribution in [1.29, 1.82) is 0 Å². The Morgan fingerprint density at radius 1 is 1.25 bits per heavy atom. The molecule has 3 nitrogen and oxygen atoms in total. The predicted molar refractivity (Wildman–Crippen MR) is 75.8 cm³/mol. The van der Waals surface area contributed by atoms with Crippen LogP contribution in [0.3, 0.4) is 0 Å². The number of esters is 1. The zero-order valence-corrected chi connectivity index (χ0v) is 12.6. The molecule has 4 heteroatoms. The molecule has 0 aliphatic carbocycles. The molecule has 0 saturated carbocycles. The van der Waals surface area contributed by atoms with E-state index >= 15 is 0 Å². The summed E-state index contributed by atoms with van der Waals surface area (Å²) in [7, 11) is 0. The van der Waals surface area contributed by atoms with Gasteiger partial charge in [0.1, 0.15) is 3.42 Å². The zero-order chi connectivity index (χ0) is 12.4. The van der Waals surface area contributed by atoms with Crippen molar-refractivity contribution in [3.8, 4) is 0 Å². The number of carbonyl (C=O) groups excluding carboxylic acids is 1. The number of nitrogens with two attached hydrogens (primary N) is 1.